The lowest BCUT2D eigenvalue weighted by Crippen LogP contribution is -2.23. The summed E-state index contributed by atoms with van der Waals surface area (Å²) >= 11 is 1.40. The summed E-state index contributed by atoms with van der Waals surface area (Å²) in [5.41, 5.74) is 0. The highest BCUT2D eigenvalue weighted by atomic mass is 32.2. The number of amides is 1. The number of aromatic amines is 1. The summed E-state index contributed by atoms with van der Waals surface area (Å²) in [7, 11) is 0. The highest BCUT2D eigenvalue weighted by molar-refractivity contribution is 8.00. The predicted molar refractivity (Wildman–Crippen MR) is 78.7 cm³/mol. The number of H-pyrrole nitrogens is 1. The molecule has 0 aliphatic rings. The average molecular weight is 291 g/mol. The van der Waals surface area contributed by atoms with Gasteiger partial charge >= 0.3 is 0 Å². The minimum absolute atomic E-state index is 0.144. The van der Waals surface area contributed by atoms with Crippen molar-refractivity contribution in [2.45, 2.75) is 37.0 Å². The number of carbonyl (C=O) groups is 1. The first-order chi connectivity index (χ1) is 9.56. The minimum atomic E-state index is -0.272. The van der Waals surface area contributed by atoms with Crippen LogP contribution in [0, 0.1) is 0 Å². The van der Waals surface area contributed by atoms with Crippen molar-refractivity contribution in [1.82, 2.24) is 20.2 Å². The third-order valence-electron chi connectivity index (χ3n) is 2.59. The van der Waals surface area contributed by atoms with Crippen LogP contribution in [0.15, 0.2) is 29.4 Å². The molecule has 2 aromatic rings. The Kier molecular flexibility index (Phi) is 4.73. The van der Waals surface area contributed by atoms with E-state index in [1.54, 1.807) is 6.20 Å². The average Bonchev–Trinajstić information content (AvgIpc) is 2.88. The van der Waals surface area contributed by atoms with Gasteiger partial charge in [-0.1, -0.05) is 31.7 Å². The van der Waals surface area contributed by atoms with Crippen LogP contribution in [0.5, 0.6) is 0 Å². The Morgan fingerprint density at radius 3 is 2.75 bits per heavy atom. The zero-order valence-electron chi connectivity index (χ0n) is 11.6. The highest BCUT2D eigenvalue weighted by Gasteiger charge is 2.17. The van der Waals surface area contributed by atoms with E-state index in [1.807, 2.05) is 39.0 Å². The van der Waals surface area contributed by atoms with Crippen molar-refractivity contribution in [3.63, 3.8) is 0 Å². The second kappa shape index (κ2) is 6.51. The fraction of sp³-hybridized carbons (Fsp3) is 0.385. The normalized spacial score (nSPS) is 12.4. The van der Waals surface area contributed by atoms with Crippen molar-refractivity contribution in [3.8, 4) is 0 Å². The van der Waals surface area contributed by atoms with Gasteiger partial charge in [0.1, 0.15) is 5.82 Å². The standard InChI is InChI=1S/C13H17N5OS/c1-8(2)11-15-13(18-17-11)16-12(19)9(3)20-10-6-4-5-7-14-10/h4-9H,1-3H3,(H2,15,16,17,18,19)/t9-/m1/s1. The number of nitrogens with zero attached hydrogens (tertiary/aromatic N) is 3. The molecule has 7 heteroatoms. The molecule has 106 valence electrons. The Morgan fingerprint density at radius 2 is 2.15 bits per heavy atom. The Balaban J connectivity index is 1.93. The smallest absolute Gasteiger partial charge is 0.248 e. The molecule has 0 aromatic carbocycles. The fourth-order valence-electron chi connectivity index (χ4n) is 1.45. The summed E-state index contributed by atoms with van der Waals surface area (Å²) in [6.45, 7) is 5.84. The molecule has 20 heavy (non-hydrogen) atoms. The van der Waals surface area contributed by atoms with Crippen LogP contribution in [-0.4, -0.2) is 31.3 Å². The second-order valence-corrected chi connectivity index (χ2v) is 5.98. The third-order valence-corrected chi connectivity index (χ3v) is 3.64. The lowest BCUT2D eigenvalue weighted by atomic mass is 10.2. The number of anilines is 1. The van der Waals surface area contributed by atoms with Crippen LogP contribution in [0.2, 0.25) is 0 Å². The molecule has 0 aliphatic heterocycles. The summed E-state index contributed by atoms with van der Waals surface area (Å²) in [4.78, 5) is 20.4. The largest absolute Gasteiger partial charge is 0.292 e. The number of hydrogen-bond acceptors (Lipinski definition) is 5. The Bertz CT molecular complexity index is 569. The molecule has 0 unspecified atom stereocenters. The van der Waals surface area contributed by atoms with E-state index in [2.05, 4.69) is 25.5 Å². The fourth-order valence-corrected chi connectivity index (χ4v) is 2.26. The monoisotopic (exact) mass is 291 g/mol. The second-order valence-electron chi connectivity index (χ2n) is 4.62. The molecule has 0 spiro atoms. The molecule has 0 fully saturated rings. The molecule has 6 nitrogen and oxygen atoms in total. The first-order valence-electron chi connectivity index (χ1n) is 6.37. The van der Waals surface area contributed by atoms with Gasteiger partial charge in [-0.2, -0.15) is 4.98 Å². The molecular formula is C13H17N5OS. The van der Waals surface area contributed by atoms with Crippen molar-refractivity contribution < 1.29 is 4.79 Å². The van der Waals surface area contributed by atoms with E-state index in [1.165, 1.54) is 11.8 Å². The van der Waals surface area contributed by atoms with Crippen molar-refractivity contribution >= 4 is 23.6 Å². The summed E-state index contributed by atoms with van der Waals surface area (Å²) in [6, 6.07) is 5.61. The molecule has 0 saturated carbocycles. The molecule has 2 heterocycles. The molecular weight excluding hydrogens is 274 g/mol. The molecule has 2 rings (SSSR count). The first-order valence-corrected chi connectivity index (χ1v) is 7.25. The van der Waals surface area contributed by atoms with Gasteiger partial charge in [0.2, 0.25) is 11.9 Å². The maximum absolute atomic E-state index is 12.0. The Morgan fingerprint density at radius 1 is 1.35 bits per heavy atom. The van der Waals surface area contributed by atoms with Crippen molar-refractivity contribution in [2.24, 2.45) is 0 Å². The molecule has 0 saturated heterocycles. The van der Waals surface area contributed by atoms with Gasteiger partial charge in [-0.3, -0.25) is 15.2 Å². The van der Waals surface area contributed by atoms with Gasteiger partial charge in [0.25, 0.3) is 0 Å². The zero-order chi connectivity index (χ0) is 14.5. The summed E-state index contributed by atoms with van der Waals surface area (Å²) < 4.78 is 0. The van der Waals surface area contributed by atoms with Gasteiger partial charge in [0, 0.05) is 12.1 Å². The van der Waals surface area contributed by atoms with Crippen LogP contribution >= 0.6 is 11.8 Å². The van der Waals surface area contributed by atoms with Crippen molar-refractivity contribution in [2.75, 3.05) is 5.32 Å². The zero-order valence-corrected chi connectivity index (χ0v) is 12.4. The SMILES string of the molecule is CC(C)c1nc(NC(=O)[C@@H](C)Sc2ccccn2)n[nH]1. The predicted octanol–water partition coefficient (Wildman–Crippen LogP) is 2.44. The topological polar surface area (TPSA) is 83.6 Å². The third kappa shape index (κ3) is 3.80. The van der Waals surface area contributed by atoms with Crippen LogP contribution in [0.4, 0.5) is 5.95 Å². The van der Waals surface area contributed by atoms with E-state index in [4.69, 9.17) is 0 Å². The Labute approximate surface area is 121 Å². The lowest BCUT2D eigenvalue weighted by Gasteiger charge is -2.09. The number of pyridine rings is 1. The quantitative estimate of drug-likeness (QED) is 0.827. The van der Waals surface area contributed by atoms with Crippen LogP contribution in [0.25, 0.3) is 0 Å². The van der Waals surface area contributed by atoms with E-state index in [0.29, 0.717) is 5.95 Å². The van der Waals surface area contributed by atoms with Crippen molar-refractivity contribution in [3.05, 3.63) is 30.2 Å². The van der Waals surface area contributed by atoms with E-state index in [0.717, 1.165) is 10.9 Å². The van der Waals surface area contributed by atoms with Gasteiger partial charge < -0.3 is 0 Å². The first kappa shape index (κ1) is 14.5. The molecule has 2 N–H and O–H groups in total. The van der Waals surface area contributed by atoms with Gasteiger partial charge in [-0.25, -0.2) is 4.98 Å². The lowest BCUT2D eigenvalue weighted by molar-refractivity contribution is -0.115. The van der Waals surface area contributed by atoms with Crippen LogP contribution in [0.1, 0.15) is 32.5 Å². The van der Waals surface area contributed by atoms with E-state index in [9.17, 15) is 4.79 Å². The number of carbonyl (C=O) groups excluding carboxylic acids is 1. The maximum atomic E-state index is 12.0. The molecule has 2 aromatic heterocycles. The number of rotatable bonds is 5. The molecule has 0 radical (unpaired) electrons. The molecule has 0 aliphatic carbocycles. The van der Waals surface area contributed by atoms with Gasteiger partial charge in [-0.05, 0) is 19.1 Å². The molecule has 0 bridgehead atoms. The number of hydrogen-bond donors (Lipinski definition) is 2. The number of nitrogens with one attached hydrogen (secondary N) is 2. The Hall–Kier alpha value is -1.89. The number of thioether (sulfide) groups is 1. The highest BCUT2D eigenvalue weighted by Crippen LogP contribution is 2.21. The van der Waals surface area contributed by atoms with E-state index in [-0.39, 0.29) is 17.1 Å². The van der Waals surface area contributed by atoms with Crippen LogP contribution in [0.3, 0.4) is 0 Å². The van der Waals surface area contributed by atoms with Crippen LogP contribution < -0.4 is 5.32 Å². The van der Waals surface area contributed by atoms with Gasteiger partial charge in [0.15, 0.2) is 0 Å². The number of aromatic nitrogens is 4. The molecule has 1 atom stereocenters. The summed E-state index contributed by atoms with van der Waals surface area (Å²) in [5.74, 6) is 1.17. The van der Waals surface area contributed by atoms with Gasteiger partial charge in [-0.15, -0.1) is 5.10 Å². The van der Waals surface area contributed by atoms with E-state index < -0.39 is 0 Å². The van der Waals surface area contributed by atoms with Gasteiger partial charge in [0.05, 0.1) is 10.3 Å². The maximum Gasteiger partial charge on any atom is 0.248 e. The summed E-state index contributed by atoms with van der Waals surface area (Å²) in [5, 5.41) is 10.0. The summed E-state index contributed by atoms with van der Waals surface area (Å²) in [6.07, 6.45) is 1.71. The van der Waals surface area contributed by atoms with E-state index >= 15 is 0 Å². The van der Waals surface area contributed by atoms with Crippen molar-refractivity contribution in [1.29, 1.82) is 0 Å². The van der Waals surface area contributed by atoms with Crippen LogP contribution in [-0.2, 0) is 4.79 Å². The minimum Gasteiger partial charge on any atom is -0.292 e. The molecule has 1 amide bonds.